The Morgan fingerprint density at radius 1 is 1.43 bits per heavy atom. The summed E-state index contributed by atoms with van der Waals surface area (Å²) in [5.74, 6) is -2.63. The molecule has 0 saturated heterocycles. The summed E-state index contributed by atoms with van der Waals surface area (Å²) in [6.07, 6.45) is -5.65. The number of nitro groups is 1. The van der Waals surface area contributed by atoms with Gasteiger partial charge in [0.05, 0.1) is 31.3 Å². The normalized spacial score (nSPS) is 10.9. The second-order valence-corrected chi connectivity index (χ2v) is 3.53. The van der Waals surface area contributed by atoms with Gasteiger partial charge < -0.3 is 14.2 Å². The SMILES string of the molecule is COC(=O)Cc1cc(OC(F)(F)F)c([N+](=O)[O-])c(OC)n1. The summed E-state index contributed by atoms with van der Waals surface area (Å²) >= 11 is 0. The highest BCUT2D eigenvalue weighted by atomic mass is 19.4. The number of nitrogens with zero attached hydrogens (tertiary/aromatic N) is 2. The first-order chi connectivity index (χ1) is 9.67. The topological polar surface area (TPSA) is 101 Å². The van der Waals surface area contributed by atoms with Gasteiger partial charge in [0.2, 0.25) is 5.75 Å². The van der Waals surface area contributed by atoms with Gasteiger partial charge >= 0.3 is 18.0 Å². The van der Waals surface area contributed by atoms with Crippen molar-refractivity contribution in [2.75, 3.05) is 14.2 Å². The second kappa shape index (κ2) is 6.24. The van der Waals surface area contributed by atoms with Crippen LogP contribution in [0.5, 0.6) is 11.6 Å². The lowest BCUT2D eigenvalue weighted by Gasteiger charge is -2.12. The first kappa shape index (κ1) is 16.5. The van der Waals surface area contributed by atoms with Crippen molar-refractivity contribution < 1.29 is 37.1 Å². The van der Waals surface area contributed by atoms with E-state index in [-0.39, 0.29) is 5.69 Å². The molecule has 0 radical (unpaired) electrons. The van der Waals surface area contributed by atoms with Crippen LogP contribution >= 0.6 is 0 Å². The number of hydrogen-bond acceptors (Lipinski definition) is 7. The lowest BCUT2D eigenvalue weighted by molar-refractivity contribution is -0.389. The summed E-state index contributed by atoms with van der Waals surface area (Å²) in [6, 6.07) is 0.630. The van der Waals surface area contributed by atoms with E-state index < -0.39 is 41.0 Å². The number of rotatable bonds is 5. The first-order valence-corrected chi connectivity index (χ1v) is 5.22. The van der Waals surface area contributed by atoms with Crippen molar-refractivity contribution in [2.24, 2.45) is 0 Å². The summed E-state index contributed by atoms with van der Waals surface area (Å²) < 4.78 is 49.3. The van der Waals surface area contributed by atoms with E-state index in [0.29, 0.717) is 6.07 Å². The number of esters is 1. The van der Waals surface area contributed by atoms with Gasteiger partial charge in [0.15, 0.2) is 0 Å². The summed E-state index contributed by atoms with van der Waals surface area (Å²) in [4.78, 5) is 24.4. The third kappa shape index (κ3) is 4.47. The molecule has 0 aliphatic rings. The van der Waals surface area contributed by atoms with Crippen LogP contribution in [0.3, 0.4) is 0 Å². The van der Waals surface area contributed by atoms with Gasteiger partial charge in [-0.1, -0.05) is 0 Å². The van der Waals surface area contributed by atoms with Gasteiger partial charge in [0, 0.05) is 6.07 Å². The Hall–Kier alpha value is -2.59. The van der Waals surface area contributed by atoms with Crippen LogP contribution in [-0.2, 0) is 16.0 Å². The highest BCUT2D eigenvalue weighted by molar-refractivity contribution is 5.72. The molecule has 0 amide bonds. The van der Waals surface area contributed by atoms with Gasteiger partial charge in [0.25, 0.3) is 5.88 Å². The number of pyridine rings is 1. The lowest BCUT2D eigenvalue weighted by atomic mass is 10.2. The number of carbonyl (C=O) groups is 1. The molecule has 8 nitrogen and oxygen atoms in total. The van der Waals surface area contributed by atoms with Crippen molar-refractivity contribution in [2.45, 2.75) is 12.8 Å². The first-order valence-electron chi connectivity index (χ1n) is 5.22. The fourth-order valence-corrected chi connectivity index (χ4v) is 1.36. The third-order valence-electron chi connectivity index (χ3n) is 2.13. The molecule has 1 rings (SSSR count). The van der Waals surface area contributed by atoms with Crippen molar-refractivity contribution in [1.29, 1.82) is 0 Å². The van der Waals surface area contributed by atoms with E-state index in [4.69, 9.17) is 0 Å². The highest BCUT2D eigenvalue weighted by Gasteiger charge is 2.37. The fraction of sp³-hybridized carbons (Fsp3) is 0.400. The number of hydrogen-bond donors (Lipinski definition) is 0. The van der Waals surface area contributed by atoms with Crippen molar-refractivity contribution in [3.8, 4) is 11.6 Å². The van der Waals surface area contributed by atoms with Crippen LogP contribution in [0.25, 0.3) is 0 Å². The molecule has 0 bridgehead atoms. The Kier molecular flexibility index (Phi) is 4.89. The predicted molar refractivity (Wildman–Crippen MR) is 59.8 cm³/mol. The van der Waals surface area contributed by atoms with Crippen LogP contribution in [0.4, 0.5) is 18.9 Å². The molecule has 0 atom stereocenters. The van der Waals surface area contributed by atoms with E-state index in [1.807, 2.05) is 0 Å². The van der Waals surface area contributed by atoms with Crippen LogP contribution in [-0.4, -0.2) is 36.5 Å². The van der Waals surface area contributed by atoms with Crippen LogP contribution in [0.2, 0.25) is 0 Å². The Morgan fingerprint density at radius 2 is 2.05 bits per heavy atom. The van der Waals surface area contributed by atoms with E-state index >= 15 is 0 Å². The van der Waals surface area contributed by atoms with E-state index in [2.05, 4.69) is 19.2 Å². The number of aromatic nitrogens is 1. The molecule has 0 unspecified atom stereocenters. The zero-order valence-electron chi connectivity index (χ0n) is 10.8. The number of ether oxygens (including phenoxy) is 3. The van der Waals surface area contributed by atoms with Gasteiger partial charge in [-0.2, -0.15) is 0 Å². The van der Waals surface area contributed by atoms with E-state index in [1.54, 1.807) is 0 Å². The van der Waals surface area contributed by atoms with Crippen molar-refractivity contribution in [3.05, 3.63) is 21.9 Å². The Bertz CT molecular complexity index is 560. The standard InChI is InChI=1S/C10H9F3N2O6/c1-19-7(16)4-5-3-6(21-10(11,12)13)8(15(17)18)9(14-5)20-2/h3H,4H2,1-2H3. The Morgan fingerprint density at radius 3 is 2.48 bits per heavy atom. The minimum Gasteiger partial charge on any atom is -0.476 e. The minimum atomic E-state index is -5.15. The third-order valence-corrected chi connectivity index (χ3v) is 2.13. The molecule has 0 aromatic carbocycles. The number of halogens is 3. The molecule has 0 saturated carbocycles. The van der Waals surface area contributed by atoms with Gasteiger partial charge in [-0.15, -0.1) is 13.2 Å². The van der Waals surface area contributed by atoms with Crippen molar-refractivity contribution >= 4 is 11.7 Å². The second-order valence-electron chi connectivity index (χ2n) is 3.53. The molecule has 1 heterocycles. The van der Waals surface area contributed by atoms with Crippen LogP contribution in [0.15, 0.2) is 6.07 Å². The molecule has 1 aromatic heterocycles. The zero-order valence-corrected chi connectivity index (χ0v) is 10.8. The molecular weight excluding hydrogens is 301 g/mol. The predicted octanol–water partition coefficient (Wildman–Crippen LogP) is 1.61. The molecule has 0 fully saturated rings. The minimum absolute atomic E-state index is 0.233. The van der Waals surface area contributed by atoms with E-state index in [9.17, 15) is 28.1 Å². The number of methoxy groups -OCH3 is 2. The van der Waals surface area contributed by atoms with E-state index in [0.717, 1.165) is 14.2 Å². The molecule has 0 aliphatic heterocycles. The summed E-state index contributed by atoms with van der Waals surface area (Å²) in [5, 5.41) is 10.8. The van der Waals surface area contributed by atoms with Crippen molar-refractivity contribution in [1.82, 2.24) is 4.98 Å². The number of alkyl halides is 3. The van der Waals surface area contributed by atoms with Gasteiger partial charge in [-0.05, 0) is 0 Å². The van der Waals surface area contributed by atoms with Gasteiger partial charge in [-0.3, -0.25) is 14.9 Å². The maximum atomic E-state index is 12.3. The summed E-state index contributed by atoms with van der Waals surface area (Å²) in [5.41, 5.74) is -1.33. The molecule has 11 heteroatoms. The fourth-order valence-electron chi connectivity index (χ4n) is 1.36. The quantitative estimate of drug-likeness (QED) is 0.462. The summed E-state index contributed by atoms with van der Waals surface area (Å²) in [7, 11) is 2.05. The molecule has 0 aliphatic carbocycles. The number of carbonyl (C=O) groups excluding carboxylic acids is 1. The average Bonchev–Trinajstić information content (AvgIpc) is 2.35. The molecule has 116 valence electrons. The molecule has 1 aromatic rings. The largest absolute Gasteiger partial charge is 0.573 e. The van der Waals surface area contributed by atoms with Crippen molar-refractivity contribution in [3.63, 3.8) is 0 Å². The smallest absolute Gasteiger partial charge is 0.476 e. The highest BCUT2D eigenvalue weighted by Crippen LogP contribution is 2.38. The van der Waals surface area contributed by atoms with Crippen LogP contribution < -0.4 is 9.47 Å². The Balaban J connectivity index is 3.37. The van der Waals surface area contributed by atoms with Crippen LogP contribution in [0.1, 0.15) is 5.69 Å². The molecule has 0 N–H and O–H groups in total. The summed E-state index contributed by atoms with van der Waals surface area (Å²) in [6.45, 7) is 0. The maximum Gasteiger partial charge on any atom is 0.573 e. The molecule has 21 heavy (non-hydrogen) atoms. The molecule has 0 spiro atoms. The van der Waals surface area contributed by atoms with E-state index in [1.165, 1.54) is 0 Å². The average molecular weight is 310 g/mol. The maximum absolute atomic E-state index is 12.3. The monoisotopic (exact) mass is 310 g/mol. The van der Waals surface area contributed by atoms with Gasteiger partial charge in [0.1, 0.15) is 0 Å². The van der Waals surface area contributed by atoms with Crippen LogP contribution in [0, 0.1) is 10.1 Å². The Labute approximate surface area is 115 Å². The zero-order chi connectivity index (χ0) is 16.2. The molecular formula is C10H9F3N2O6. The lowest BCUT2D eigenvalue weighted by Crippen LogP contribution is -2.19. The van der Waals surface area contributed by atoms with Gasteiger partial charge in [-0.25, -0.2) is 4.98 Å².